The van der Waals surface area contributed by atoms with Crippen molar-refractivity contribution < 1.29 is 15.0 Å². The standard InChI is InChI=1S/C14H29NO.2C2H6O/c1-2-3-4-5-6-7-8-9-10-11-12-13-14(15)16;2*1-2-3/h2-13H2,1H3,(H2,15,16);2*3H,2H2,1H3. The predicted molar refractivity (Wildman–Crippen MR) is 95.8 cm³/mol. The molecule has 0 aliphatic rings. The van der Waals surface area contributed by atoms with Gasteiger partial charge in [0.15, 0.2) is 0 Å². The van der Waals surface area contributed by atoms with Crippen LogP contribution in [0, 0.1) is 0 Å². The second-order valence-corrected chi connectivity index (χ2v) is 5.38. The van der Waals surface area contributed by atoms with Gasteiger partial charge in [-0.05, 0) is 20.3 Å². The number of hydrogen-bond donors (Lipinski definition) is 3. The minimum absolute atomic E-state index is 0.157. The van der Waals surface area contributed by atoms with Crippen LogP contribution in [0.2, 0.25) is 0 Å². The average molecular weight is 320 g/mol. The quantitative estimate of drug-likeness (QED) is 0.472. The van der Waals surface area contributed by atoms with Crippen molar-refractivity contribution in [3.8, 4) is 0 Å². The van der Waals surface area contributed by atoms with Gasteiger partial charge in [0.2, 0.25) is 5.91 Å². The Morgan fingerprint density at radius 2 is 0.955 bits per heavy atom. The Balaban J connectivity index is -0.000000515. The molecule has 4 nitrogen and oxygen atoms in total. The molecule has 0 aromatic heterocycles. The lowest BCUT2D eigenvalue weighted by Crippen LogP contribution is -2.09. The van der Waals surface area contributed by atoms with E-state index in [1.54, 1.807) is 13.8 Å². The van der Waals surface area contributed by atoms with E-state index in [0.29, 0.717) is 6.42 Å². The second-order valence-electron chi connectivity index (χ2n) is 5.38. The molecule has 0 unspecified atom stereocenters. The highest BCUT2D eigenvalue weighted by molar-refractivity contribution is 5.73. The maximum absolute atomic E-state index is 10.5. The van der Waals surface area contributed by atoms with Crippen LogP contribution in [0.15, 0.2) is 0 Å². The van der Waals surface area contributed by atoms with Crippen LogP contribution in [0.25, 0.3) is 0 Å². The topological polar surface area (TPSA) is 83.6 Å². The van der Waals surface area contributed by atoms with Crippen LogP contribution in [0.3, 0.4) is 0 Å². The third-order valence-electron chi connectivity index (χ3n) is 3.03. The molecule has 0 saturated carbocycles. The van der Waals surface area contributed by atoms with Gasteiger partial charge in [0.1, 0.15) is 0 Å². The van der Waals surface area contributed by atoms with Gasteiger partial charge < -0.3 is 15.9 Å². The molecule has 22 heavy (non-hydrogen) atoms. The summed E-state index contributed by atoms with van der Waals surface area (Å²) in [4.78, 5) is 10.5. The van der Waals surface area contributed by atoms with Crippen molar-refractivity contribution in [1.82, 2.24) is 0 Å². The third-order valence-corrected chi connectivity index (χ3v) is 3.03. The largest absolute Gasteiger partial charge is 0.397 e. The Hall–Kier alpha value is -0.610. The molecule has 136 valence electrons. The Kier molecular flexibility index (Phi) is 34.1. The van der Waals surface area contributed by atoms with Crippen molar-refractivity contribution in [2.45, 2.75) is 97.8 Å². The number of unbranched alkanes of at least 4 members (excludes halogenated alkanes) is 10. The molecule has 0 aliphatic heterocycles. The highest BCUT2D eigenvalue weighted by atomic mass is 16.3. The monoisotopic (exact) mass is 319 g/mol. The van der Waals surface area contributed by atoms with Gasteiger partial charge in [0.25, 0.3) is 0 Å². The van der Waals surface area contributed by atoms with E-state index in [4.69, 9.17) is 15.9 Å². The van der Waals surface area contributed by atoms with Gasteiger partial charge >= 0.3 is 0 Å². The number of hydrogen-bond acceptors (Lipinski definition) is 3. The molecule has 1 amide bonds. The fraction of sp³-hybridized carbons (Fsp3) is 0.944. The number of carbonyl (C=O) groups excluding carboxylic acids is 1. The molecule has 4 heteroatoms. The highest BCUT2D eigenvalue weighted by Gasteiger charge is 1.95. The first-order valence-corrected chi connectivity index (χ1v) is 9.10. The molecular weight excluding hydrogens is 278 g/mol. The van der Waals surface area contributed by atoms with Crippen LogP contribution in [0.5, 0.6) is 0 Å². The van der Waals surface area contributed by atoms with E-state index in [9.17, 15) is 4.79 Å². The molecule has 0 aromatic rings. The summed E-state index contributed by atoms with van der Waals surface area (Å²) in [7, 11) is 0. The van der Waals surface area contributed by atoms with Gasteiger partial charge in [-0.1, -0.05) is 71.1 Å². The summed E-state index contributed by atoms with van der Waals surface area (Å²) in [5, 5.41) is 15.1. The molecule has 0 spiro atoms. The SMILES string of the molecule is CCCCCCCCCCCCCC(N)=O.CCO.CCO. The van der Waals surface area contributed by atoms with E-state index in [-0.39, 0.29) is 19.1 Å². The average Bonchev–Trinajstić information content (AvgIpc) is 2.46. The number of aliphatic hydroxyl groups is 2. The molecule has 0 aliphatic carbocycles. The zero-order valence-electron chi connectivity index (χ0n) is 15.3. The Labute approximate surface area is 138 Å². The molecule has 0 atom stereocenters. The summed E-state index contributed by atoms with van der Waals surface area (Å²) >= 11 is 0. The molecule has 0 saturated heterocycles. The zero-order chi connectivity index (χ0) is 17.5. The van der Waals surface area contributed by atoms with Crippen LogP contribution >= 0.6 is 0 Å². The number of nitrogens with two attached hydrogens (primary N) is 1. The number of primary amides is 1. The van der Waals surface area contributed by atoms with Crippen molar-refractivity contribution in [3.05, 3.63) is 0 Å². The van der Waals surface area contributed by atoms with Crippen LogP contribution in [0.4, 0.5) is 0 Å². The van der Waals surface area contributed by atoms with Gasteiger partial charge in [-0.2, -0.15) is 0 Å². The van der Waals surface area contributed by atoms with Gasteiger partial charge in [0.05, 0.1) is 0 Å². The number of carbonyl (C=O) groups is 1. The first-order chi connectivity index (χ1) is 10.6. The van der Waals surface area contributed by atoms with E-state index in [1.807, 2.05) is 0 Å². The van der Waals surface area contributed by atoms with Crippen molar-refractivity contribution in [2.75, 3.05) is 13.2 Å². The molecule has 0 fully saturated rings. The molecule has 0 heterocycles. The summed E-state index contributed by atoms with van der Waals surface area (Å²) in [5.41, 5.74) is 5.07. The Bertz CT molecular complexity index is 185. The smallest absolute Gasteiger partial charge is 0.217 e. The first-order valence-electron chi connectivity index (χ1n) is 9.10. The van der Waals surface area contributed by atoms with E-state index < -0.39 is 0 Å². The van der Waals surface area contributed by atoms with Gasteiger partial charge in [0, 0.05) is 19.6 Å². The van der Waals surface area contributed by atoms with E-state index in [0.717, 1.165) is 6.42 Å². The minimum atomic E-state index is -0.157. The second kappa shape index (κ2) is 28.5. The minimum Gasteiger partial charge on any atom is -0.397 e. The lowest BCUT2D eigenvalue weighted by atomic mass is 10.1. The summed E-state index contributed by atoms with van der Waals surface area (Å²) < 4.78 is 0. The van der Waals surface area contributed by atoms with E-state index in [1.165, 1.54) is 64.2 Å². The van der Waals surface area contributed by atoms with Gasteiger partial charge in [-0.25, -0.2) is 0 Å². The molecule has 4 N–H and O–H groups in total. The Morgan fingerprint density at radius 1 is 0.682 bits per heavy atom. The maximum atomic E-state index is 10.5. The summed E-state index contributed by atoms with van der Waals surface area (Å²) in [6.45, 7) is 6.12. The summed E-state index contributed by atoms with van der Waals surface area (Å²) in [6, 6.07) is 0. The zero-order valence-corrected chi connectivity index (χ0v) is 15.3. The molecule has 0 aromatic carbocycles. The van der Waals surface area contributed by atoms with E-state index in [2.05, 4.69) is 6.92 Å². The van der Waals surface area contributed by atoms with Crippen molar-refractivity contribution in [2.24, 2.45) is 5.73 Å². The third kappa shape index (κ3) is 42.7. The lowest BCUT2D eigenvalue weighted by molar-refractivity contribution is -0.118. The summed E-state index contributed by atoms with van der Waals surface area (Å²) in [5.74, 6) is -0.157. The fourth-order valence-corrected chi connectivity index (χ4v) is 1.96. The Morgan fingerprint density at radius 3 is 1.23 bits per heavy atom. The highest BCUT2D eigenvalue weighted by Crippen LogP contribution is 2.11. The van der Waals surface area contributed by atoms with Crippen molar-refractivity contribution >= 4 is 5.91 Å². The van der Waals surface area contributed by atoms with Crippen molar-refractivity contribution in [1.29, 1.82) is 0 Å². The lowest BCUT2D eigenvalue weighted by Gasteiger charge is -2.01. The molecular formula is C18H41NO3. The normalized spacial score (nSPS) is 9.32. The van der Waals surface area contributed by atoms with Crippen molar-refractivity contribution in [3.63, 3.8) is 0 Å². The van der Waals surface area contributed by atoms with E-state index >= 15 is 0 Å². The molecule has 0 rings (SSSR count). The van der Waals surface area contributed by atoms with Crippen LogP contribution in [0.1, 0.15) is 97.8 Å². The number of aliphatic hydroxyl groups excluding tert-OH is 2. The van der Waals surface area contributed by atoms with Crippen LogP contribution in [-0.2, 0) is 4.79 Å². The number of amides is 1. The van der Waals surface area contributed by atoms with Crippen LogP contribution < -0.4 is 5.73 Å². The molecule has 0 radical (unpaired) electrons. The predicted octanol–water partition coefficient (Wildman–Crippen LogP) is 4.17. The van der Waals surface area contributed by atoms with Crippen LogP contribution in [-0.4, -0.2) is 29.3 Å². The molecule has 0 bridgehead atoms. The maximum Gasteiger partial charge on any atom is 0.217 e. The van der Waals surface area contributed by atoms with Gasteiger partial charge in [-0.15, -0.1) is 0 Å². The first kappa shape index (κ1) is 26.3. The fourth-order valence-electron chi connectivity index (χ4n) is 1.96. The van der Waals surface area contributed by atoms with Gasteiger partial charge in [-0.3, -0.25) is 4.79 Å². The number of rotatable bonds is 12. The summed E-state index contributed by atoms with van der Waals surface area (Å²) in [6.07, 6.45) is 15.0.